The van der Waals surface area contributed by atoms with E-state index in [-0.39, 0.29) is 12.2 Å². The van der Waals surface area contributed by atoms with Gasteiger partial charge in [-0.05, 0) is 58.7 Å². The molecule has 0 fully saturated rings. The van der Waals surface area contributed by atoms with Gasteiger partial charge in [-0.2, -0.15) is 0 Å². The molecule has 2 aromatic carbocycles. The van der Waals surface area contributed by atoms with Gasteiger partial charge in [0.05, 0.1) is 21.6 Å². The molecule has 0 saturated carbocycles. The maximum atomic E-state index is 13.1. The van der Waals surface area contributed by atoms with Gasteiger partial charge in [-0.3, -0.25) is 9.59 Å². The van der Waals surface area contributed by atoms with Crippen molar-refractivity contribution in [3.63, 3.8) is 0 Å². The summed E-state index contributed by atoms with van der Waals surface area (Å²) in [5.74, 6) is -0.874. The minimum atomic E-state index is -0.911. The predicted molar refractivity (Wildman–Crippen MR) is 114 cm³/mol. The van der Waals surface area contributed by atoms with E-state index in [1.54, 1.807) is 11.3 Å². The fourth-order valence-electron chi connectivity index (χ4n) is 3.96. The number of aryl methyl sites for hydroxylation is 1. The van der Waals surface area contributed by atoms with Crippen LogP contribution in [-0.2, 0) is 28.9 Å². The second-order valence-corrected chi connectivity index (χ2v) is 9.37. The highest BCUT2D eigenvalue weighted by atomic mass is 127. The molecule has 27 heavy (non-hydrogen) atoms. The summed E-state index contributed by atoms with van der Waals surface area (Å²) in [6.07, 6.45) is 1.82. The first-order chi connectivity index (χ1) is 13.0. The monoisotopic (exact) mass is 491 g/mol. The number of carbonyl (C=O) groups excluding carboxylic acids is 1. The van der Waals surface area contributed by atoms with Crippen molar-refractivity contribution in [2.75, 3.05) is 0 Å². The lowest BCUT2D eigenvalue weighted by Crippen LogP contribution is -2.35. The Morgan fingerprint density at radius 2 is 1.81 bits per heavy atom. The van der Waals surface area contributed by atoms with Gasteiger partial charge in [0.25, 0.3) is 0 Å². The molecule has 0 aliphatic heterocycles. The number of hydrogen-bond acceptors (Lipinski definition) is 4. The van der Waals surface area contributed by atoms with Gasteiger partial charge in [-0.25, -0.2) is 4.98 Å². The molecule has 138 valence electrons. The zero-order valence-electron chi connectivity index (χ0n) is 14.6. The SMILES string of the molecule is O=C(O)CC1(C(=O)CCc2nc3c(I)cccc3s2)Cc2ccccc2C1. The van der Waals surface area contributed by atoms with Crippen LogP contribution in [0.4, 0.5) is 0 Å². The standard InChI is InChI=1S/C21H18INO3S/c22-15-6-3-7-16-20(15)23-18(27-16)9-8-17(24)21(12-19(25)26)10-13-4-1-2-5-14(13)11-21/h1-7H,8-12H2,(H,25,26). The van der Waals surface area contributed by atoms with Crippen molar-refractivity contribution < 1.29 is 14.7 Å². The van der Waals surface area contributed by atoms with E-state index in [9.17, 15) is 14.7 Å². The molecule has 1 heterocycles. The minimum absolute atomic E-state index is 0.0371. The van der Waals surface area contributed by atoms with Crippen LogP contribution in [0.15, 0.2) is 42.5 Å². The first-order valence-corrected chi connectivity index (χ1v) is 10.7. The van der Waals surface area contributed by atoms with Crippen LogP contribution < -0.4 is 0 Å². The van der Waals surface area contributed by atoms with Crippen LogP contribution in [0, 0.1) is 8.99 Å². The molecule has 0 spiro atoms. The van der Waals surface area contributed by atoms with Gasteiger partial charge in [-0.1, -0.05) is 30.3 Å². The number of fused-ring (bicyclic) bond motifs is 2. The Hall–Kier alpha value is -1.80. The normalized spacial score (nSPS) is 15.0. The summed E-state index contributed by atoms with van der Waals surface area (Å²) in [4.78, 5) is 29.3. The number of aliphatic carboxylic acids is 1. The summed E-state index contributed by atoms with van der Waals surface area (Å²) in [5.41, 5.74) is 2.36. The molecule has 4 nitrogen and oxygen atoms in total. The third-order valence-electron chi connectivity index (χ3n) is 5.24. The third-order valence-corrected chi connectivity index (χ3v) is 7.19. The lowest BCUT2D eigenvalue weighted by atomic mass is 9.76. The Morgan fingerprint density at radius 3 is 2.44 bits per heavy atom. The number of nitrogens with zero attached hydrogens (tertiary/aromatic N) is 1. The maximum absolute atomic E-state index is 13.1. The molecule has 0 saturated heterocycles. The molecule has 1 N–H and O–H groups in total. The average Bonchev–Trinajstić information content (AvgIpc) is 3.21. The van der Waals surface area contributed by atoms with Crippen LogP contribution in [0.2, 0.25) is 0 Å². The van der Waals surface area contributed by atoms with Gasteiger partial charge >= 0.3 is 5.97 Å². The first kappa shape index (κ1) is 18.6. The number of carboxylic acid groups (broad SMARTS) is 1. The van der Waals surface area contributed by atoms with E-state index in [1.165, 1.54) is 0 Å². The fraction of sp³-hybridized carbons (Fsp3) is 0.286. The van der Waals surface area contributed by atoms with Crippen LogP contribution >= 0.6 is 33.9 Å². The van der Waals surface area contributed by atoms with Crippen LogP contribution in [0.5, 0.6) is 0 Å². The molecule has 4 rings (SSSR count). The zero-order chi connectivity index (χ0) is 19.0. The van der Waals surface area contributed by atoms with Gasteiger partial charge in [0.1, 0.15) is 5.78 Å². The van der Waals surface area contributed by atoms with Gasteiger partial charge in [0.15, 0.2) is 0 Å². The quantitative estimate of drug-likeness (QED) is 0.510. The Morgan fingerprint density at radius 1 is 1.11 bits per heavy atom. The molecule has 1 aliphatic carbocycles. The van der Waals surface area contributed by atoms with E-state index >= 15 is 0 Å². The molecule has 1 aromatic heterocycles. The zero-order valence-corrected chi connectivity index (χ0v) is 17.5. The molecule has 0 unspecified atom stereocenters. The van der Waals surface area contributed by atoms with Crippen LogP contribution in [-0.4, -0.2) is 21.8 Å². The summed E-state index contributed by atoms with van der Waals surface area (Å²) in [6, 6.07) is 14.0. The van der Waals surface area contributed by atoms with Crippen molar-refractivity contribution in [3.05, 3.63) is 62.2 Å². The first-order valence-electron chi connectivity index (χ1n) is 8.83. The molecule has 0 bridgehead atoms. The minimum Gasteiger partial charge on any atom is -0.481 e. The topological polar surface area (TPSA) is 67.3 Å². The molecular weight excluding hydrogens is 473 g/mol. The van der Waals surface area contributed by atoms with Crippen LogP contribution in [0.1, 0.15) is 29.0 Å². The third kappa shape index (κ3) is 3.65. The van der Waals surface area contributed by atoms with Gasteiger partial charge in [0.2, 0.25) is 0 Å². The maximum Gasteiger partial charge on any atom is 0.304 e. The Bertz CT molecular complexity index is 1020. The predicted octanol–water partition coefficient (Wildman–Crippen LogP) is 4.66. The van der Waals surface area contributed by atoms with Crippen molar-refractivity contribution in [3.8, 4) is 0 Å². The Kier molecular flexibility index (Phi) is 5.03. The van der Waals surface area contributed by atoms with Crippen molar-refractivity contribution in [1.82, 2.24) is 4.98 Å². The number of halogens is 1. The molecule has 6 heteroatoms. The van der Waals surface area contributed by atoms with Gasteiger partial charge in [-0.15, -0.1) is 11.3 Å². The summed E-state index contributed by atoms with van der Waals surface area (Å²) in [7, 11) is 0. The molecule has 0 atom stereocenters. The van der Waals surface area contributed by atoms with Crippen molar-refractivity contribution in [2.24, 2.45) is 5.41 Å². The van der Waals surface area contributed by atoms with Crippen LogP contribution in [0.3, 0.4) is 0 Å². The molecule has 0 amide bonds. The largest absolute Gasteiger partial charge is 0.481 e. The van der Waals surface area contributed by atoms with Gasteiger partial charge < -0.3 is 5.11 Å². The highest BCUT2D eigenvalue weighted by Crippen LogP contribution is 2.41. The van der Waals surface area contributed by atoms with E-state index in [2.05, 4.69) is 27.6 Å². The van der Waals surface area contributed by atoms with Crippen molar-refractivity contribution >= 4 is 55.9 Å². The number of aromatic nitrogens is 1. The van der Waals surface area contributed by atoms with Crippen molar-refractivity contribution in [1.29, 1.82) is 0 Å². The average molecular weight is 491 g/mol. The fourth-order valence-corrected chi connectivity index (χ4v) is 5.75. The number of benzene rings is 2. The Balaban J connectivity index is 1.54. The number of para-hydroxylation sites is 1. The van der Waals surface area contributed by atoms with E-state index in [4.69, 9.17) is 0 Å². The van der Waals surface area contributed by atoms with E-state index in [0.717, 1.165) is 29.9 Å². The van der Waals surface area contributed by atoms with E-state index in [0.29, 0.717) is 25.7 Å². The number of carboxylic acids is 1. The number of Topliss-reactive ketones (excluding diaryl/α,β-unsaturated/α-hetero) is 1. The van der Waals surface area contributed by atoms with E-state index in [1.807, 2.05) is 42.5 Å². The van der Waals surface area contributed by atoms with E-state index < -0.39 is 11.4 Å². The number of hydrogen-bond donors (Lipinski definition) is 1. The number of thiazole rings is 1. The molecule has 3 aromatic rings. The smallest absolute Gasteiger partial charge is 0.304 e. The molecule has 1 aliphatic rings. The van der Waals surface area contributed by atoms with Crippen molar-refractivity contribution in [2.45, 2.75) is 32.1 Å². The number of ketones is 1. The number of carbonyl (C=O) groups is 2. The summed E-state index contributed by atoms with van der Waals surface area (Å²) >= 11 is 3.88. The summed E-state index contributed by atoms with van der Waals surface area (Å²) < 4.78 is 2.23. The lowest BCUT2D eigenvalue weighted by molar-refractivity contribution is -0.144. The Labute approximate surface area is 174 Å². The van der Waals surface area contributed by atoms with Gasteiger partial charge in [0, 0.05) is 21.8 Å². The second-order valence-electron chi connectivity index (χ2n) is 7.09. The highest BCUT2D eigenvalue weighted by molar-refractivity contribution is 14.1. The summed E-state index contributed by atoms with van der Waals surface area (Å²) in [6.45, 7) is 0. The molecule has 0 radical (unpaired) electrons. The molecular formula is C21H18INO3S. The lowest BCUT2D eigenvalue weighted by Gasteiger charge is -2.25. The number of rotatable bonds is 6. The summed E-state index contributed by atoms with van der Waals surface area (Å²) in [5, 5.41) is 10.3. The highest BCUT2D eigenvalue weighted by Gasteiger charge is 2.44. The van der Waals surface area contributed by atoms with Crippen LogP contribution in [0.25, 0.3) is 10.2 Å². The second kappa shape index (κ2) is 7.31.